The van der Waals surface area contributed by atoms with Crippen molar-refractivity contribution in [2.45, 2.75) is 57.8 Å². The van der Waals surface area contributed by atoms with Crippen LogP contribution in [-0.2, 0) is 4.79 Å². The van der Waals surface area contributed by atoms with Crippen molar-refractivity contribution in [2.75, 3.05) is 11.1 Å². The van der Waals surface area contributed by atoms with Crippen LogP contribution in [0.25, 0.3) is 10.2 Å². The quantitative estimate of drug-likeness (QED) is 0.823. The average molecular weight is 372 g/mol. The number of hydrogen-bond acceptors (Lipinski definition) is 6. The third kappa shape index (κ3) is 5.15. The summed E-state index contributed by atoms with van der Waals surface area (Å²) in [7, 11) is 0. The topological polar surface area (TPSA) is 105 Å². The highest BCUT2D eigenvalue weighted by atomic mass is 32.1. The van der Waals surface area contributed by atoms with Crippen LogP contribution >= 0.6 is 11.3 Å². The van der Waals surface area contributed by atoms with Crippen LogP contribution in [0.15, 0.2) is 12.3 Å². The van der Waals surface area contributed by atoms with E-state index in [0.29, 0.717) is 10.9 Å². The Kier molecular flexibility index (Phi) is 6.40. The van der Waals surface area contributed by atoms with E-state index >= 15 is 0 Å². The average Bonchev–Trinajstić information content (AvgIpc) is 3.43. The molecular weight excluding hydrogens is 346 g/mol. The van der Waals surface area contributed by atoms with Crippen molar-refractivity contribution in [1.82, 2.24) is 9.97 Å². The highest BCUT2D eigenvalue weighted by Gasteiger charge is 2.30. The number of carbonyl (C=O) groups is 1. The Morgan fingerprint density at radius 1 is 1.31 bits per heavy atom. The first-order chi connectivity index (χ1) is 12.7. The smallest absolute Gasteiger partial charge is 0.228 e. The Hall–Kier alpha value is -2.20. The molecule has 0 unspecified atom stereocenters. The number of nitrogens with two attached hydrogens (primary N) is 1. The molecule has 0 saturated heterocycles. The largest absolute Gasteiger partial charge is 0.375 e. The fourth-order valence-electron chi connectivity index (χ4n) is 3.27. The molecule has 0 bridgehead atoms. The van der Waals surface area contributed by atoms with Gasteiger partial charge in [-0.25, -0.2) is 9.97 Å². The van der Waals surface area contributed by atoms with E-state index in [2.05, 4.69) is 21.4 Å². The molecule has 4 rings (SSSR count). The van der Waals surface area contributed by atoms with Gasteiger partial charge >= 0.3 is 0 Å². The maximum Gasteiger partial charge on any atom is 0.228 e. The number of amides is 1. The number of pyridine rings is 1. The first-order valence-electron chi connectivity index (χ1n) is 9.36. The van der Waals surface area contributed by atoms with Crippen molar-refractivity contribution in [3.8, 4) is 6.07 Å². The van der Waals surface area contributed by atoms with Crippen LogP contribution in [0.2, 0.25) is 0 Å². The predicted molar refractivity (Wildman–Crippen MR) is 105 cm³/mol. The molecule has 3 N–H and O–H groups in total. The van der Waals surface area contributed by atoms with Gasteiger partial charge in [0.2, 0.25) is 5.91 Å². The van der Waals surface area contributed by atoms with Gasteiger partial charge in [0, 0.05) is 18.5 Å². The van der Waals surface area contributed by atoms with Crippen molar-refractivity contribution in [2.24, 2.45) is 11.8 Å². The van der Waals surface area contributed by atoms with E-state index in [-0.39, 0.29) is 11.8 Å². The molecule has 0 aliphatic heterocycles. The zero-order valence-electron chi connectivity index (χ0n) is 14.9. The molecule has 2 heterocycles. The van der Waals surface area contributed by atoms with Gasteiger partial charge in [-0.3, -0.25) is 4.79 Å². The third-order valence-electron chi connectivity index (χ3n) is 4.90. The zero-order chi connectivity index (χ0) is 18.4. The molecule has 0 atom stereocenters. The lowest BCUT2D eigenvalue weighted by atomic mass is 9.86. The summed E-state index contributed by atoms with van der Waals surface area (Å²) in [5, 5.41) is 11.7. The van der Waals surface area contributed by atoms with Crippen LogP contribution in [0.1, 0.15) is 57.8 Å². The molecule has 0 spiro atoms. The minimum absolute atomic E-state index is 0.0481. The van der Waals surface area contributed by atoms with E-state index in [0.717, 1.165) is 41.8 Å². The maximum atomic E-state index is 11.6. The number of nitriles is 1. The highest BCUT2D eigenvalue weighted by molar-refractivity contribution is 7.22. The minimum Gasteiger partial charge on any atom is -0.375 e. The molecule has 2 aliphatic rings. The van der Waals surface area contributed by atoms with E-state index in [1.54, 1.807) is 12.3 Å². The first kappa shape index (κ1) is 18.6. The molecule has 138 valence electrons. The standard InChI is InChI=1S/C10H10N4OS.C9H15N/c11-10-13-6-3-4-12-8(7(6)16-10)14-9(15)5-1-2-5;10-8-4-7-9-5-2-1-3-6-9/h3-5H,1-2H2,(H2,11,13)(H,12,14,15);9H,1-7H2. The van der Waals surface area contributed by atoms with Crippen molar-refractivity contribution in [3.63, 3.8) is 0 Å². The summed E-state index contributed by atoms with van der Waals surface area (Å²) in [6.07, 6.45) is 12.5. The fourth-order valence-corrected chi connectivity index (χ4v) is 4.04. The van der Waals surface area contributed by atoms with E-state index in [1.165, 1.54) is 43.4 Å². The number of nitrogen functional groups attached to an aromatic ring is 1. The van der Waals surface area contributed by atoms with E-state index in [9.17, 15) is 4.79 Å². The number of nitrogens with zero attached hydrogens (tertiary/aromatic N) is 3. The molecule has 26 heavy (non-hydrogen) atoms. The van der Waals surface area contributed by atoms with Crippen LogP contribution in [0.5, 0.6) is 0 Å². The van der Waals surface area contributed by atoms with Crippen molar-refractivity contribution in [3.05, 3.63) is 12.3 Å². The van der Waals surface area contributed by atoms with Crippen LogP contribution < -0.4 is 11.1 Å². The summed E-state index contributed by atoms with van der Waals surface area (Å²) >= 11 is 1.34. The van der Waals surface area contributed by atoms with Crippen LogP contribution in [0.3, 0.4) is 0 Å². The Morgan fingerprint density at radius 3 is 2.77 bits per heavy atom. The van der Waals surface area contributed by atoms with E-state index in [4.69, 9.17) is 11.0 Å². The van der Waals surface area contributed by atoms with Gasteiger partial charge in [-0.15, -0.1) is 0 Å². The number of aromatic nitrogens is 2. The van der Waals surface area contributed by atoms with Gasteiger partial charge in [0.1, 0.15) is 0 Å². The second kappa shape index (κ2) is 8.95. The molecule has 1 amide bonds. The van der Waals surface area contributed by atoms with Gasteiger partial charge in [-0.1, -0.05) is 43.4 Å². The SMILES string of the molecule is N#CCCC1CCCCC1.Nc1nc2ccnc(NC(=O)C3CC3)c2s1. The lowest BCUT2D eigenvalue weighted by Gasteiger charge is -2.19. The van der Waals surface area contributed by atoms with Crippen LogP contribution in [0, 0.1) is 23.2 Å². The van der Waals surface area contributed by atoms with Crippen molar-refractivity contribution in [1.29, 1.82) is 5.26 Å². The monoisotopic (exact) mass is 371 g/mol. The Labute approximate surface area is 157 Å². The van der Waals surface area contributed by atoms with Crippen LogP contribution in [0.4, 0.5) is 10.9 Å². The van der Waals surface area contributed by atoms with Crippen molar-refractivity contribution < 1.29 is 4.79 Å². The third-order valence-corrected chi connectivity index (χ3v) is 5.81. The molecule has 2 aromatic heterocycles. The summed E-state index contributed by atoms with van der Waals surface area (Å²) in [5.41, 5.74) is 6.41. The molecule has 6 nitrogen and oxygen atoms in total. The van der Waals surface area contributed by atoms with Gasteiger partial charge < -0.3 is 11.1 Å². The molecule has 7 heteroatoms. The molecule has 2 aromatic rings. The predicted octanol–water partition coefficient (Wildman–Crippen LogP) is 4.49. The summed E-state index contributed by atoms with van der Waals surface area (Å²) < 4.78 is 0.842. The van der Waals surface area contributed by atoms with Gasteiger partial charge in [-0.05, 0) is 31.2 Å². The first-order valence-corrected chi connectivity index (χ1v) is 10.2. The summed E-state index contributed by atoms with van der Waals surface area (Å²) in [6.45, 7) is 0. The summed E-state index contributed by atoms with van der Waals surface area (Å²) in [4.78, 5) is 19.9. The number of anilines is 2. The summed E-state index contributed by atoms with van der Waals surface area (Å²) in [6, 6.07) is 4.00. The minimum atomic E-state index is 0.0481. The fraction of sp³-hybridized carbons (Fsp3) is 0.579. The number of thiazole rings is 1. The second-order valence-electron chi connectivity index (χ2n) is 7.02. The van der Waals surface area contributed by atoms with E-state index < -0.39 is 0 Å². The Balaban J connectivity index is 0.000000170. The molecule has 0 aromatic carbocycles. The molecule has 2 saturated carbocycles. The van der Waals surface area contributed by atoms with Gasteiger partial charge in [0.05, 0.1) is 16.3 Å². The lowest BCUT2D eigenvalue weighted by molar-refractivity contribution is -0.117. The van der Waals surface area contributed by atoms with E-state index in [1.807, 2.05) is 0 Å². The molecule has 0 radical (unpaired) electrons. The molecule has 2 fully saturated rings. The van der Waals surface area contributed by atoms with Gasteiger partial charge in [0.15, 0.2) is 10.9 Å². The molecular formula is C19H25N5OS. The normalized spacial score (nSPS) is 17.2. The zero-order valence-corrected chi connectivity index (χ0v) is 15.7. The Bertz CT molecular complexity index is 787. The second-order valence-corrected chi connectivity index (χ2v) is 8.05. The number of nitrogens with one attached hydrogen (secondary N) is 1. The van der Waals surface area contributed by atoms with Crippen LogP contribution in [-0.4, -0.2) is 15.9 Å². The van der Waals surface area contributed by atoms with Gasteiger partial charge in [0.25, 0.3) is 0 Å². The molecule has 2 aliphatic carbocycles. The Morgan fingerprint density at radius 2 is 2.08 bits per heavy atom. The van der Waals surface area contributed by atoms with Gasteiger partial charge in [-0.2, -0.15) is 5.26 Å². The lowest BCUT2D eigenvalue weighted by Crippen LogP contribution is -2.14. The summed E-state index contributed by atoms with van der Waals surface area (Å²) in [5.74, 6) is 1.67. The highest BCUT2D eigenvalue weighted by Crippen LogP contribution is 2.33. The number of rotatable bonds is 4. The number of carbonyl (C=O) groups excluding carboxylic acids is 1. The number of fused-ring (bicyclic) bond motifs is 1. The van der Waals surface area contributed by atoms with Crippen molar-refractivity contribution >= 4 is 38.4 Å². The number of hydrogen-bond donors (Lipinski definition) is 2. The maximum absolute atomic E-state index is 11.6.